The molecule has 0 bridgehead atoms. The van der Waals surface area contributed by atoms with Crippen LogP contribution in [0.1, 0.15) is 16.5 Å². The van der Waals surface area contributed by atoms with Crippen LogP contribution in [0, 0.1) is 0 Å². The summed E-state index contributed by atoms with van der Waals surface area (Å²) >= 11 is 5.13. The Morgan fingerprint density at radius 3 is 2.27 bits per heavy atom. The molecule has 1 aliphatic heterocycles. The Hall–Kier alpha value is -3.94. The predicted molar refractivity (Wildman–Crippen MR) is 153 cm³/mol. The zero-order valence-corrected chi connectivity index (χ0v) is 22.0. The number of rotatable bonds is 5. The van der Waals surface area contributed by atoms with Gasteiger partial charge in [0.2, 0.25) is 0 Å². The molecule has 2 aromatic heterocycles. The van der Waals surface area contributed by atoms with Crippen molar-refractivity contribution < 1.29 is 4.79 Å². The van der Waals surface area contributed by atoms with Crippen molar-refractivity contribution in [2.75, 3.05) is 4.90 Å². The normalized spacial score (nSPS) is 16.5. The van der Waals surface area contributed by atoms with Crippen molar-refractivity contribution in [3.05, 3.63) is 136 Å². The summed E-state index contributed by atoms with van der Waals surface area (Å²) < 4.78 is 2.82. The average Bonchev–Trinajstić information content (AvgIpc) is 3.53. The molecule has 0 radical (unpaired) electrons. The molecule has 0 N–H and O–H groups in total. The molecular weight excluding hydrogens is 544 g/mol. The van der Waals surface area contributed by atoms with Gasteiger partial charge in [-0.15, -0.1) is 0 Å². The molecule has 0 aliphatic carbocycles. The van der Waals surface area contributed by atoms with Crippen molar-refractivity contribution in [3.63, 3.8) is 0 Å². The van der Waals surface area contributed by atoms with E-state index in [1.165, 1.54) is 11.8 Å². The minimum absolute atomic E-state index is 0.0871. The molecule has 1 atom stereocenters. The van der Waals surface area contributed by atoms with Gasteiger partial charge in [-0.2, -0.15) is 5.10 Å². The highest BCUT2D eigenvalue weighted by molar-refractivity contribution is 9.10. The van der Waals surface area contributed by atoms with E-state index in [4.69, 9.17) is 5.10 Å². The first-order valence-corrected chi connectivity index (χ1v) is 13.4. The maximum atomic E-state index is 13.9. The first kappa shape index (κ1) is 23.5. The summed E-state index contributed by atoms with van der Waals surface area (Å²) in [6.45, 7) is 0. The highest BCUT2D eigenvalue weighted by atomic mass is 79.9. The minimum Gasteiger partial charge on any atom is -0.275 e. The molecule has 1 aliphatic rings. The number of anilines is 1. The third-order valence-electron chi connectivity index (χ3n) is 6.07. The second kappa shape index (κ2) is 10.2. The van der Waals surface area contributed by atoms with E-state index in [0.717, 1.165) is 32.5 Å². The fourth-order valence-electron chi connectivity index (χ4n) is 4.30. The van der Waals surface area contributed by atoms with Gasteiger partial charge in [0.05, 0.1) is 16.3 Å². The molecule has 180 valence electrons. The molecule has 1 amide bonds. The second-order valence-corrected chi connectivity index (χ2v) is 10.4. The zero-order valence-electron chi connectivity index (χ0n) is 19.6. The SMILES string of the molecule is O=C1C(=Cc2ccccc2Br)SC(c2cn(-c3ccccc3)nc2-c2ccccc2)N1c1ccccn1. The molecule has 5 aromatic rings. The summed E-state index contributed by atoms with van der Waals surface area (Å²) in [5.74, 6) is 0.517. The van der Waals surface area contributed by atoms with Crippen LogP contribution in [0.3, 0.4) is 0 Å². The Balaban J connectivity index is 1.52. The molecule has 1 saturated heterocycles. The summed E-state index contributed by atoms with van der Waals surface area (Å²) in [4.78, 5) is 20.8. The molecule has 3 aromatic carbocycles. The largest absolute Gasteiger partial charge is 0.275 e. The number of hydrogen-bond donors (Lipinski definition) is 0. The molecule has 37 heavy (non-hydrogen) atoms. The van der Waals surface area contributed by atoms with Crippen LogP contribution >= 0.6 is 27.7 Å². The third-order valence-corrected chi connectivity index (χ3v) is 8.02. The van der Waals surface area contributed by atoms with E-state index in [-0.39, 0.29) is 11.3 Å². The molecule has 3 heterocycles. The van der Waals surface area contributed by atoms with Crippen molar-refractivity contribution in [1.29, 1.82) is 0 Å². The van der Waals surface area contributed by atoms with Crippen molar-refractivity contribution >= 4 is 45.5 Å². The lowest BCUT2D eigenvalue weighted by atomic mass is 10.1. The topological polar surface area (TPSA) is 51.0 Å². The molecule has 1 fully saturated rings. The van der Waals surface area contributed by atoms with E-state index in [2.05, 4.69) is 20.9 Å². The number of para-hydroxylation sites is 1. The fourth-order valence-corrected chi connectivity index (χ4v) is 5.94. The van der Waals surface area contributed by atoms with Crippen molar-refractivity contribution in [3.8, 4) is 16.9 Å². The number of pyridine rings is 1. The molecule has 6 rings (SSSR count). The molecule has 7 heteroatoms. The highest BCUT2D eigenvalue weighted by Crippen LogP contribution is 2.50. The minimum atomic E-state index is -0.344. The predicted octanol–water partition coefficient (Wildman–Crippen LogP) is 7.52. The van der Waals surface area contributed by atoms with Crippen molar-refractivity contribution in [2.45, 2.75) is 5.37 Å². The number of aromatic nitrogens is 3. The lowest BCUT2D eigenvalue weighted by molar-refractivity contribution is -0.114. The van der Waals surface area contributed by atoms with E-state index < -0.39 is 0 Å². The summed E-state index contributed by atoms with van der Waals surface area (Å²) in [5, 5.41) is 4.65. The lowest BCUT2D eigenvalue weighted by Crippen LogP contribution is -2.28. The molecule has 1 unspecified atom stereocenters. The smallest absolute Gasteiger partial charge is 0.267 e. The quantitative estimate of drug-likeness (QED) is 0.207. The number of thioether (sulfide) groups is 1. The second-order valence-electron chi connectivity index (χ2n) is 8.44. The van der Waals surface area contributed by atoms with Crippen LogP contribution in [0.15, 0.2) is 125 Å². The van der Waals surface area contributed by atoms with Gasteiger partial charge in [0.15, 0.2) is 0 Å². The van der Waals surface area contributed by atoms with E-state index in [0.29, 0.717) is 10.7 Å². The highest BCUT2D eigenvalue weighted by Gasteiger charge is 2.41. The van der Waals surface area contributed by atoms with Gasteiger partial charge in [-0.05, 0) is 42.0 Å². The number of amides is 1. The van der Waals surface area contributed by atoms with E-state index >= 15 is 0 Å². The summed E-state index contributed by atoms with van der Waals surface area (Å²) in [6, 6.07) is 33.6. The molecule has 0 saturated carbocycles. The zero-order chi connectivity index (χ0) is 25.2. The Morgan fingerprint density at radius 1 is 0.838 bits per heavy atom. The summed E-state index contributed by atoms with van der Waals surface area (Å²) in [7, 11) is 0. The van der Waals surface area contributed by atoms with Gasteiger partial charge in [-0.25, -0.2) is 9.67 Å². The number of benzene rings is 3. The van der Waals surface area contributed by atoms with Crippen LogP contribution < -0.4 is 4.90 Å². The van der Waals surface area contributed by atoms with Gasteiger partial charge < -0.3 is 0 Å². The van der Waals surface area contributed by atoms with Gasteiger partial charge in [-0.1, -0.05) is 100 Å². The van der Waals surface area contributed by atoms with Gasteiger partial charge in [0.1, 0.15) is 11.2 Å². The first-order valence-electron chi connectivity index (χ1n) is 11.8. The monoisotopic (exact) mass is 564 g/mol. The average molecular weight is 565 g/mol. The molecule has 0 spiro atoms. The van der Waals surface area contributed by atoms with E-state index in [9.17, 15) is 4.79 Å². The Bertz CT molecular complexity index is 1590. The van der Waals surface area contributed by atoms with Crippen LogP contribution in [0.25, 0.3) is 23.0 Å². The van der Waals surface area contributed by atoms with E-state index in [1.807, 2.05) is 120 Å². The van der Waals surface area contributed by atoms with Crippen molar-refractivity contribution in [2.24, 2.45) is 0 Å². The van der Waals surface area contributed by atoms with Gasteiger partial charge >= 0.3 is 0 Å². The van der Waals surface area contributed by atoms with Crippen molar-refractivity contribution in [1.82, 2.24) is 14.8 Å². The maximum absolute atomic E-state index is 13.9. The lowest BCUT2D eigenvalue weighted by Gasteiger charge is -2.22. The number of carbonyl (C=O) groups excluding carboxylic acids is 1. The molecular formula is C30H21BrN4OS. The number of carbonyl (C=O) groups is 1. The Labute approximate surface area is 227 Å². The number of hydrogen-bond acceptors (Lipinski definition) is 4. The first-order chi connectivity index (χ1) is 18.2. The van der Waals surface area contributed by atoms with E-state index in [1.54, 1.807) is 11.1 Å². The van der Waals surface area contributed by atoms with Gasteiger partial charge in [-0.3, -0.25) is 9.69 Å². The number of halogens is 1. The fraction of sp³-hybridized carbons (Fsp3) is 0.0333. The molecule has 5 nitrogen and oxygen atoms in total. The van der Waals surface area contributed by atoms with Crippen LogP contribution in [-0.4, -0.2) is 20.7 Å². The third kappa shape index (κ3) is 4.63. The Kier molecular flexibility index (Phi) is 6.47. The number of nitrogens with zero attached hydrogens (tertiary/aromatic N) is 4. The van der Waals surface area contributed by atoms with Crippen LogP contribution in [0.4, 0.5) is 5.82 Å². The van der Waals surface area contributed by atoms with Crippen LogP contribution in [0.5, 0.6) is 0 Å². The standard InChI is InChI=1S/C30H21BrN4OS/c31-25-16-8-7-13-22(25)19-26-29(36)35(27-17-9-10-18-32-27)30(37-26)24-20-34(23-14-5-2-6-15-23)33-28(24)21-11-3-1-4-12-21/h1-20,30H. The Morgan fingerprint density at radius 2 is 1.54 bits per heavy atom. The maximum Gasteiger partial charge on any atom is 0.267 e. The summed E-state index contributed by atoms with van der Waals surface area (Å²) in [5.41, 5.74) is 4.66. The van der Waals surface area contributed by atoms with Gasteiger partial charge in [0.25, 0.3) is 5.91 Å². The van der Waals surface area contributed by atoms with Gasteiger partial charge in [0, 0.05) is 28.0 Å². The van der Waals surface area contributed by atoms with Crippen LogP contribution in [-0.2, 0) is 4.79 Å². The summed E-state index contributed by atoms with van der Waals surface area (Å²) in [6.07, 6.45) is 5.68. The van der Waals surface area contributed by atoms with Crippen LogP contribution in [0.2, 0.25) is 0 Å².